The topological polar surface area (TPSA) is 74.8 Å². The van der Waals surface area contributed by atoms with Crippen LogP contribution in [-0.4, -0.2) is 53.6 Å². The highest BCUT2D eigenvalue weighted by molar-refractivity contribution is 5.91. The lowest BCUT2D eigenvalue weighted by atomic mass is 9.88. The van der Waals surface area contributed by atoms with E-state index in [-0.39, 0.29) is 18.0 Å². The number of aryl methyl sites for hydroxylation is 1. The molecule has 9 heteroatoms. The Morgan fingerprint density at radius 2 is 1.97 bits per heavy atom. The molecule has 2 aromatic carbocycles. The van der Waals surface area contributed by atoms with E-state index >= 15 is 0 Å². The van der Waals surface area contributed by atoms with Crippen LogP contribution in [0.1, 0.15) is 40.2 Å². The van der Waals surface area contributed by atoms with Gasteiger partial charge in [0.25, 0.3) is 0 Å². The zero-order valence-corrected chi connectivity index (χ0v) is 18.3. The summed E-state index contributed by atoms with van der Waals surface area (Å²) in [7, 11) is 1.50. The Kier molecular flexibility index (Phi) is 6.25. The number of nitrogens with one attached hydrogen (secondary N) is 1. The number of piperidine rings is 1. The molecule has 1 aromatic heterocycles. The number of aromatic amines is 1. The van der Waals surface area contributed by atoms with E-state index in [1.165, 1.54) is 24.1 Å². The second-order valence-electron chi connectivity index (χ2n) is 8.26. The van der Waals surface area contributed by atoms with Crippen LogP contribution in [0.3, 0.4) is 0 Å². The van der Waals surface area contributed by atoms with E-state index in [1.807, 2.05) is 13.0 Å². The molecule has 0 spiro atoms. The number of rotatable bonds is 6. The van der Waals surface area contributed by atoms with Crippen LogP contribution in [0.25, 0.3) is 10.9 Å². The van der Waals surface area contributed by atoms with Crippen molar-refractivity contribution in [3.63, 3.8) is 0 Å². The first-order chi connectivity index (χ1) is 15.7. The SMILES string of the molecule is COc1cc(C)c2[nH]ccc2c1O[C@@H]1[C@@H](c2ccc(C(=O)O)cc2)CCCN1CC(F)(F)F. The number of methoxy groups -OCH3 is 1. The minimum absolute atomic E-state index is 0.119. The van der Waals surface area contributed by atoms with Crippen LogP contribution in [-0.2, 0) is 0 Å². The minimum atomic E-state index is -4.39. The zero-order chi connectivity index (χ0) is 23.8. The fraction of sp³-hybridized carbons (Fsp3) is 0.375. The molecule has 0 amide bonds. The number of aromatic nitrogens is 1. The first-order valence-corrected chi connectivity index (χ1v) is 10.6. The van der Waals surface area contributed by atoms with Gasteiger partial charge in [0.1, 0.15) is 0 Å². The third kappa shape index (κ3) is 4.78. The first-order valence-electron chi connectivity index (χ1n) is 10.6. The number of aromatic carboxylic acids is 1. The molecule has 1 saturated heterocycles. The van der Waals surface area contributed by atoms with Crippen LogP contribution in [0, 0.1) is 6.92 Å². The summed E-state index contributed by atoms with van der Waals surface area (Å²) in [6.07, 6.45) is -2.38. The lowest BCUT2D eigenvalue weighted by molar-refractivity contribution is -0.170. The van der Waals surface area contributed by atoms with Crippen LogP contribution in [0.5, 0.6) is 11.5 Å². The van der Waals surface area contributed by atoms with Crippen LogP contribution < -0.4 is 9.47 Å². The van der Waals surface area contributed by atoms with Gasteiger partial charge in [-0.05, 0) is 55.2 Å². The third-order valence-electron chi connectivity index (χ3n) is 6.05. The molecule has 176 valence electrons. The van der Waals surface area contributed by atoms with Crippen molar-refractivity contribution in [2.75, 3.05) is 20.2 Å². The van der Waals surface area contributed by atoms with Gasteiger partial charge in [0, 0.05) is 24.0 Å². The molecular formula is C24H25F3N2O4. The van der Waals surface area contributed by atoms with Crippen molar-refractivity contribution >= 4 is 16.9 Å². The Bertz CT molecular complexity index is 1140. The molecule has 2 atom stereocenters. The number of nitrogens with zero attached hydrogens (tertiary/aromatic N) is 1. The molecule has 1 fully saturated rings. The van der Waals surface area contributed by atoms with Crippen LogP contribution in [0.4, 0.5) is 13.2 Å². The largest absolute Gasteiger partial charge is 0.493 e. The molecule has 2 heterocycles. The molecule has 6 nitrogen and oxygen atoms in total. The third-order valence-corrected chi connectivity index (χ3v) is 6.05. The van der Waals surface area contributed by atoms with E-state index in [0.717, 1.165) is 22.0 Å². The summed E-state index contributed by atoms with van der Waals surface area (Å²) in [5, 5.41) is 9.91. The van der Waals surface area contributed by atoms with Gasteiger partial charge in [0.2, 0.25) is 0 Å². The Morgan fingerprint density at radius 3 is 2.61 bits per heavy atom. The average Bonchev–Trinajstić information content (AvgIpc) is 3.26. The number of fused-ring (bicyclic) bond motifs is 1. The van der Waals surface area contributed by atoms with Crippen LogP contribution in [0.15, 0.2) is 42.6 Å². The Labute approximate surface area is 188 Å². The number of hydrogen-bond donors (Lipinski definition) is 2. The second-order valence-corrected chi connectivity index (χ2v) is 8.26. The maximum absolute atomic E-state index is 13.4. The quantitative estimate of drug-likeness (QED) is 0.518. The number of H-pyrrole nitrogens is 1. The summed E-state index contributed by atoms with van der Waals surface area (Å²) in [5.74, 6) is -0.623. The monoisotopic (exact) mass is 462 g/mol. The maximum Gasteiger partial charge on any atom is 0.401 e. The number of benzene rings is 2. The molecule has 3 aromatic rings. The molecule has 0 bridgehead atoms. The van der Waals surface area contributed by atoms with Crippen molar-refractivity contribution < 1.29 is 32.5 Å². The number of alkyl halides is 3. The predicted octanol–water partition coefficient (Wildman–Crippen LogP) is 5.33. The standard InChI is InChI=1S/C24H25F3N2O4/c1-14-12-19(32-2)21(18-9-10-28-20(14)18)33-22-17(4-3-11-29(22)13-24(25,26)27)15-5-7-16(8-6-15)23(30)31/h5-10,12,17,22,28H,3-4,11,13H2,1-2H3,(H,30,31)/t17-,22-/m1/s1. The zero-order valence-electron chi connectivity index (χ0n) is 18.3. The summed E-state index contributed by atoms with van der Waals surface area (Å²) in [6.45, 7) is 1.04. The number of ether oxygens (including phenoxy) is 2. The predicted molar refractivity (Wildman–Crippen MR) is 117 cm³/mol. The summed E-state index contributed by atoms with van der Waals surface area (Å²) < 4.78 is 52.2. The minimum Gasteiger partial charge on any atom is -0.493 e. The lowest BCUT2D eigenvalue weighted by Crippen LogP contribution is -2.51. The van der Waals surface area contributed by atoms with Gasteiger partial charge in [-0.25, -0.2) is 4.79 Å². The number of carbonyl (C=O) groups is 1. The number of halogens is 3. The van der Waals surface area contributed by atoms with Gasteiger partial charge in [0.05, 0.1) is 24.7 Å². The van der Waals surface area contributed by atoms with E-state index in [1.54, 1.807) is 24.4 Å². The highest BCUT2D eigenvalue weighted by Crippen LogP contribution is 2.42. The molecule has 0 unspecified atom stereocenters. The van der Waals surface area contributed by atoms with Crippen LogP contribution in [0.2, 0.25) is 0 Å². The fourth-order valence-electron chi connectivity index (χ4n) is 4.54. The van der Waals surface area contributed by atoms with E-state index in [9.17, 15) is 23.1 Å². The molecular weight excluding hydrogens is 437 g/mol. The smallest absolute Gasteiger partial charge is 0.401 e. The molecule has 4 rings (SSSR count). The first kappa shape index (κ1) is 23.0. The molecule has 1 aliphatic heterocycles. The molecule has 2 N–H and O–H groups in total. The summed E-state index contributed by atoms with van der Waals surface area (Å²) in [5.41, 5.74) is 2.60. The number of likely N-dealkylation sites (tertiary alicyclic amines) is 1. The normalized spacial score (nSPS) is 19.5. The summed E-state index contributed by atoms with van der Waals surface area (Å²) in [4.78, 5) is 15.7. The van der Waals surface area contributed by atoms with Gasteiger partial charge in [-0.1, -0.05) is 12.1 Å². The number of hydrogen-bond acceptors (Lipinski definition) is 4. The Balaban J connectivity index is 1.77. The van der Waals surface area contributed by atoms with E-state index < -0.39 is 24.9 Å². The van der Waals surface area contributed by atoms with E-state index in [4.69, 9.17) is 9.47 Å². The summed E-state index contributed by atoms with van der Waals surface area (Å²) in [6, 6.07) is 9.84. The molecule has 0 aliphatic carbocycles. The van der Waals surface area contributed by atoms with Crippen molar-refractivity contribution in [2.45, 2.75) is 38.1 Å². The molecule has 0 radical (unpaired) electrons. The van der Waals surface area contributed by atoms with Crippen molar-refractivity contribution in [1.29, 1.82) is 0 Å². The summed E-state index contributed by atoms with van der Waals surface area (Å²) >= 11 is 0. The van der Waals surface area contributed by atoms with Crippen LogP contribution >= 0.6 is 0 Å². The Hall–Kier alpha value is -3.20. The number of carboxylic acid groups (broad SMARTS) is 1. The van der Waals surface area contributed by atoms with Crippen molar-refractivity contribution in [2.24, 2.45) is 0 Å². The lowest BCUT2D eigenvalue weighted by Gasteiger charge is -2.41. The van der Waals surface area contributed by atoms with E-state index in [0.29, 0.717) is 24.3 Å². The van der Waals surface area contributed by atoms with E-state index in [2.05, 4.69) is 4.98 Å². The van der Waals surface area contributed by atoms with Gasteiger partial charge in [-0.3, -0.25) is 4.90 Å². The van der Waals surface area contributed by atoms with Gasteiger partial charge in [-0.2, -0.15) is 13.2 Å². The highest BCUT2D eigenvalue weighted by Gasteiger charge is 2.41. The molecule has 33 heavy (non-hydrogen) atoms. The van der Waals surface area contributed by atoms with Crippen molar-refractivity contribution in [1.82, 2.24) is 9.88 Å². The van der Waals surface area contributed by atoms with Gasteiger partial charge in [0.15, 0.2) is 17.7 Å². The Morgan fingerprint density at radius 1 is 1.24 bits per heavy atom. The number of carboxylic acids is 1. The van der Waals surface area contributed by atoms with Crippen molar-refractivity contribution in [3.8, 4) is 11.5 Å². The fourth-order valence-corrected chi connectivity index (χ4v) is 4.54. The van der Waals surface area contributed by atoms with Crippen molar-refractivity contribution in [3.05, 3.63) is 59.3 Å². The van der Waals surface area contributed by atoms with Gasteiger partial charge in [-0.15, -0.1) is 0 Å². The highest BCUT2D eigenvalue weighted by atomic mass is 19.4. The molecule has 0 saturated carbocycles. The maximum atomic E-state index is 13.4. The molecule has 1 aliphatic rings. The van der Waals surface area contributed by atoms with Gasteiger partial charge >= 0.3 is 12.1 Å². The second kappa shape index (κ2) is 8.97. The van der Waals surface area contributed by atoms with Gasteiger partial charge < -0.3 is 19.6 Å². The average molecular weight is 462 g/mol.